The first-order valence-corrected chi connectivity index (χ1v) is 36.9. The van der Waals surface area contributed by atoms with Crippen molar-refractivity contribution in [3.8, 4) is 0 Å². The highest BCUT2D eigenvalue weighted by Crippen LogP contribution is 2.28. The van der Waals surface area contributed by atoms with Crippen LogP contribution in [-0.2, 0) is 0 Å². The summed E-state index contributed by atoms with van der Waals surface area (Å²) in [4.78, 5) is 0. The molecule has 0 saturated carbocycles. The van der Waals surface area contributed by atoms with E-state index in [1.54, 1.807) is 0 Å². The van der Waals surface area contributed by atoms with E-state index < -0.39 is 0 Å². The lowest BCUT2D eigenvalue weighted by molar-refractivity contribution is 3.14. The maximum atomic E-state index is 2.77. The van der Waals surface area contributed by atoms with Crippen LogP contribution in [-0.4, -0.2) is 573 Å². The van der Waals surface area contributed by atoms with Gasteiger partial charge in [0.05, 0.1) is 317 Å². The van der Waals surface area contributed by atoms with Crippen molar-refractivity contribution in [3.63, 3.8) is 0 Å². The first kappa shape index (κ1) is 86.3. The first-order valence-electron chi connectivity index (χ1n) is 36.9. The van der Waals surface area contributed by atoms with E-state index >= 15 is 0 Å². The minimum Gasteiger partial charge on any atom is 0.00000305 e. The molecule has 0 aromatic heterocycles. The van der Waals surface area contributed by atoms with Gasteiger partial charge < -0.3 is 0 Å². The van der Waals surface area contributed by atoms with Crippen LogP contribution < -0.4 is 0 Å². The van der Waals surface area contributed by atoms with Crippen LogP contribution in [0.2, 0.25) is 0 Å². The van der Waals surface area contributed by atoms with Gasteiger partial charge in [-0.3, -0.25) is 0 Å². The van der Waals surface area contributed by atoms with Crippen molar-refractivity contribution in [2.45, 2.75) is 0 Å². The summed E-state index contributed by atoms with van der Waals surface area (Å²) < 4.78 is 0. The third-order valence-electron chi connectivity index (χ3n) is 24.0. The van der Waals surface area contributed by atoms with E-state index in [1.165, 1.54) is 7.06 Å². The van der Waals surface area contributed by atoms with Crippen LogP contribution in [0.25, 0.3) is 0 Å². The molecular formula is H83B81. The number of hydrogen-bond donors (Lipinski definition) is 0. The molecule has 0 aliphatic carbocycles. The molecule has 0 aromatic carbocycles. The summed E-state index contributed by atoms with van der Waals surface area (Å²) in [6.45, 7) is 0. The Bertz CT molecular complexity index is 1250. The molecule has 0 aliphatic rings. The van der Waals surface area contributed by atoms with Gasteiger partial charge in [-0.25, -0.2) is 0 Å². The smallest absolute Gasteiger partial charge is 0.00000305 e. The van der Waals surface area contributed by atoms with Gasteiger partial charge >= 0.3 is 0 Å². The van der Waals surface area contributed by atoms with Gasteiger partial charge in [-0.05, 0) is 0 Å². The van der Waals surface area contributed by atoms with Crippen LogP contribution >= 0.6 is 0 Å². The molecule has 0 fully saturated rings. The summed E-state index contributed by atoms with van der Waals surface area (Å²) in [6, 6.07) is 0. The molecule has 0 unspecified atom stereocenters. The van der Waals surface area contributed by atoms with Crippen molar-refractivity contribution in [2.75, 3.05) is 0 Å². The van der Waals surface area contributed by atoms with Gasteiger partial charge in [0.1, 0.15) is 0 Å². The number of rotatable bonds is 39. The Kier molecular flexibility index (Phi) is 42.4. The van der Waals surface area contributed by atoms with Crippen molar-refractivity contribution in [1.82, 2.24) is 0 Å². The molecule has 0 saturated heterocycles. The summed E-state index contributed by atoms with van der Waals surface area (Å²) in [7, 11) is 113. The second-order valence-corrected chi connectivity index (χ2v) is 36.3. The molecule has 81 heavy (non-hydrogen) atoms. The zero-order valence-corrected chi connectivity index (χ0v) is 64.2. The van der Waals surface area contributed by atoms with Crippen LogP contribution in [0.15, 0.2) is 0 Å². The van der Waals surface area contributed by atoms with Crippen molar-refractivity contribution in [1.29, 1.82) is 0 Å². The second kappa shape index (κ2) is 39.8. The van der Waals surface area contributed by atoms with Gasteiger partial charge in [0.15, 0.2) is 0 Å². The standard InChI is InChI=1S/B81H83/c1-42-63(43(2)3)73(62(40)41)78(72(60(36)37)61(38)39)81(79(74(64(44(4)5)45(6)7)65(46(8)9)47(10)11)75(66(48(12)13)49(14)15)67(50(16)17)51(18)19)80(76(68(52(20)21)53(22)23)69(54(24)25)55(26)27)77(70(56(28)29)57(30)31)71(58(32)33)59(34)35/h42H,1-41H2. The summed E-state index contributed by atoms with van der Waals surface area (Å²) in [5.74, 6) is 0. The van der Waals surface area contributed by atoms with Gasteiger partial charge in [-0.1, -0.05) is 0 Å². The van der Waals surface area contributed by atoms with E-state index in [-0.39, 0.29) is 0 Å². The van der Waals surface area contributed by atoms with E-state index in [1.807, 2.05) is 0 Å². The highest BCUT2D eigenvalue weighted by molar-refractivity contribution is 8.41. The maximum Gasteiger partial charge on any atom is 0.0593 e. The van der Waals surface area contributed by atoms with E-state index in [9.17, 15) is 0 Å². The van der Waals surface area contributed by atoms with Crippen molar-refractivity contribution >= 4 is 573 Å². The van der Waals surface area contributed by atoms with Crippen molar-refractivity contribution < 1.29 is 0 Å². The average Bonchev–Trinajstić information content (AvgIpc) is 3.24. The molecule has 0 amide bonds. The molecule has 0 atom stereocenters. The Balaban J connectivity index is 12.8. The Morgan fingerprint density at radius 2 is 0.198 bits per heavy atom. The maximum absolute atomic E-state index is 2.77. The first-order chi connectivity index (χ1) is 36.9. The lowest BCUT2D eigenvalue weighted by Crippen LogP contribution is -2.99. The summed E-state index contributed by atoms with van der Waals surface area (Å²) in [5.41, 5.74) is 0. The normalized spacial score (nSPS) is 9.78. The largest absolute Gasteiger partial charge is 0.0593 e. The van der Waals surface area contributed by atoms with E-state index in [0.29, 0.717) is 249 Å². The molecule has 0 aromatic rings. The van der Waals surface area contributed by atoms with Crippen LogP contribution in [0, 0.1) is 0 Å². The highest BCUT2D eigenvalue weighted by atomic mass is 13.5. The predicted octanol–water partition coefficient (Wildman–Crippen LogP) is -53.1. The monoisotopic (exact) mass is 975 g/mol. The van der Waals surface area contributed by atoms with Crippen molar-refractivity contribution in [3.05, 3.63) is 0 Å². The van der Waals surface area contributed by atoms with E-state index in [0.717, 1.165) is 0 Å². The molecule has 0 spiro atoms. The van der Waals surface area contributed by atoms with Gasteiger partial charge in [-0.15, -0.1) is 0 Å². The molecule has 326 valence electrons. The molecule has 81 heteroatoms. The zero-order valence-electron chi connectivity index (χ0n) is 64.2. The minimum absolute atomic E-state index is 0.519. The Morgan fingerprint density at radius 3 is 0.272 bits per heavy atom. The molecule has 0 radical (unpaired) electrons. The summed E-state index contributed by atoms with van der Waals surface area (Å²) >= 11 is 0. The van der Waals surface area contributed by atoms with Crippen molar-refractivity contribution in [2.24, 2.45) is 0 Å². The lowest BCUT2D eigenvalue weighted by atomic mass is 8.20. The Morgan fingerprint density at radius 1 is 0.111 bits per heavy atom. The van der Waals surface area contributed by atoms with Gasteiger partial charge in [0.25, 0.3) is 0 Å². The number of hydrogen-bond acceptors (Lipinski definition) is 0. The second-order valence-electron chi connectivity index (χ2n) is 36.3. The van der Waals surface area contributed by atoms with E-state index in [4.69, 9.17) is 0 Å². The Labute approximate surface area is 567 Å². The SMILES string of the molecule is BBB(B(B)B)B(B(B)B)B(B(B(B)B)B(B)B)B(B(B(B(B(B)B)B(B)B)B(B(B)B)B(B)B)B(B(B(B)B)B(B)B)B(B(B)B)B(B)B)B(B(B(B(B)B)B(B)B)B(B(B)B)B(B)B)B(B(B(B)B)B(B)B)B(B(B)B)B(B)B. The molecule has 0 bridgehead atoms. The quantitative estimate of drug-likeness (QED) is 0.0539. The third-order valence-corrected chi connectivity index (χ3v) is 24.0. The third kappa shape index (κ3) is 23.3. The molecule has 0 heterocycles. The van der Waals surface area contributed by atoms with Crippen LogP contribution in [0.4, 0.5) is 0 Å². The summed E-state index contributed by atoms with van der Waals surface area (Å²) in [5, 5.41) is 0. The summed E-state index contributed by atoms with van der Waals surface area (Å²) in [6.07, 6.45) is 22.7. The van der Waals surface area contributed by atoms with Gasteiger partial charge in [0, 0.05) is 256 Å². The fourth-order valence-corrected chi connectivity index (χ4v) is 23.5. The minimum atomic E-state index is 0.519. The molecule has 0 nitrogen and oxygen atoms in total. The van der Waals surface area contributed by atoms with Gasteiger partial charge in [0.2, 0.25) is 0 Å². The van der Waals surface area contributed by atoms with Crippen LogP contribution in [0.5, 0.6) is 0 Å². The molecule has 0 aliphatic heterocycles. The molecule has 0 rings (SSSR count). The molecular weight excluding hydrogens is 876 g/mol. The zero-order chi connectivity index (χ0) is 64.2. The van der Waals surface area contributed by atoms with Crippen LogP contribution in [0.3, 0.4) is 0 Å². The predicted molar refractivity (Wildman–Crippen MR) is 582 cm³/mol. The van der Waals surface area contributed by atoms with Gasteiger partial charge in [-0.2, -0.15) is 0 Å². The van der Waals surface area contributed by atoms with Crippen LogP contribution in [0.1, 0.15) is 0 Å². The highest BCUT2D eigenvalue weighted by Gasteiger charge is 2.67. The fourth-order valence-electron chi connectivity index (χ4n) is 23.5. The van der Waals surface area contributed by atoms with E-state index in [2.05, 4.69) is 317 Å². The average molecular weight is 959 g/mol. The molecule has 0 N–H and O–H groups in total. The lowest BCUT2D eigenvalue weighted by Gasteiger charge is -2.61. The Hall–Kier alpha value is 5.26. The topological polar surface area (TPSA) is 0 Å². The fraction of sp³-hybridized carbons (Fsp3) is 0.